The topological polar surface area (TPSA) is 145 Å². The van der Waals surface area contributed by atoms with E-state index in [-0.39, 0.29) is 35.8 Å². The van der Waals surface area contributed by atoms with E-state index < -0.39 is 44.1 Å². The lowest BCUT2D eigenvalue weighted by Gasteiger charge is -2.18. The monoisotopic (exact) mass is 720 g/mol. The Bertz CT molecular complexity index is 1740. The third-order valence-corrected chi connectivity index (χ3v) is 10.9. The average Bonchev–Trinajstić information content (AvgIpc) is 3.09. The molecule has 2 atom stereocenters. The van der Waals surface area contributed by atoms with Crippen LogP contribution < -0.4 is 9.44 Å². The van der Waals surface area contributed by atoms with E-state index in [0.29, 0.717) is 25.7 Å². The third kappa shape index (κ3) is 12.2. The minimum Gasteiger partial charge on any atom is -0.464 e. The van der Waals surface area contributed by atoms with Crippen LogP contribution in [0.2, 0.25) is 0 Å². The van der Waals surface area contributed by atoms with E-state index in [4.69, 9.17) is 9.47 Å². The first-order valence-electron chi connectivity index (χ1n) is 16.5. The van der Waals surface area contributed by atoms with E-state index >= 15 is 0 Å². The molecule has 4 rings (SSSR count). The van der Waals surface area contributed by atoms with Crippen LogP contribution in [0.15, 0.2) is 119 Å². The fraction of sp³-hybridized carbons (Fsp3) is 0.316. The van der Waals surface area contributed by atoms with Gasteiger partial charge in [0, 0.05) is 0 Å². The second-order valence-electron chi connectivity index (χ2n) is 12.1. The van der Waals surface area contributed by atoms with Crippen LogP contribution in [0, 0.1) is 13.8 Å². The summed E-state index contributed by atoms with van der Waals surface area (Å²) in [6.07, 6.45) is 2.63. The molecular formula is C38H44N2O8S2. The van der Waals surface area contributed by atoms with Crippen molar-refractivity contribution in [2.45, 2.75) is 74.2 Å². The Morgan fingerprint density at radius 2 is 0.860 bits per heavy atom. The van der Waals surface area contributed by atoms with Gasteiger partial charge in [0.15, 0.2) is 0 Å². The van der Waals surface area contributed by atoms with Gasteiger partial charge in [-0.1, -0.05) is 96.1 Å². The first-order valence-corrected chi connectivity index (χ1v) is 19.5. The second-order valence-corrected chi connectivity index (χ2v) is 15.5. The normalized spacial score (nSPS) is 12.9. The lowest BCUT2D eigenvalue weighted by molar-refractivity contribution is -0.146. The first-order chi connectivity index (χ1) is 23.9. The highest BCUT2D eigenvalue weighted by atomic mass is 32.2. The predicted molar refractivity (Wildman–Crippen MR) is 191 cm³/mol. The Morgan fingerprint density at radius 3 is 1.20 bits per heavy atom. The zero-order valence-corrected chi connectivity index (χ0v) is 29.9. The number of rotatable bonds is 19. The lowest BCUT2D eigenvalue weighted by Crippen LogP contribution is -2.43. The Hall–Kier alpha value is -4.36. The SMILES string of the molecule is Cc1ccc(S(=O)(=O)N[C@@H](Cc2ccccc2)C(=O)OCCCCCCOC(=O)[C@H](Cc2ccccc2)NS(=O)(=O)c2ccc(C)cc2)cc1. The minimum absolute atomic E-state index is 0.0599. The molecule has 0 amide bonds. The number of carbonyl (C=O) groups is 2. The molecule has 0 aliphatic rings. The van der Waals surface area contributed by atoms with Crippen molar-refractivity contribution in [1.82, 2.24) is 9.44 Å². The largest absolute Gasteiger partial charge is 0.464 e. The van der Waals surface area contributed by atoms with Gasteiger partial charge in [0.05, 0.1) is 23.0 Å². The van der Waals surface area contributed by atoms with Crippen molar-refractivity contribution >= 4 is 32.0 Å². The van der Waals surface area contributed by atoms with Gasteiger partial charge >= 0.3 is 11.9 Å². The van der Waals surface area contributed by atoms with Gasteiger partial charge in [-0.05, 0) is 87.8 Å². The first kappa shape index (κ1) is 38.4. The number of nitrogens with one attached hydrogen (secondary N) is 2. The molecule has 0 heterocycles. The summed E-state index contributed by atoms with van der Waals surface area (Å²) in [6.45, 7) is 3.90. The second kappa shape index (κ2) is 18.6. The highest BCUT2D eigenvalue weighted by Crippen LogP contribution is 2.15. The maximum Gasteiger partial charge on any atom is 0.324 e. The van der Waals surface area contributed by atoms with Gasteiger partial charge in [0.1, 0.15) is 12.1 Å². The van der Waals surface area contributed by atoms with Crippen LogP contribution in [0.3, 0.4) is 0 Å². The molecule has 0 unspecified atom stereocenters. The number of sulfonamides is 2. The zero-order chi connectivity index (χ0) is 36.0. The van der Waals surface area contributed by atoms with Crippen LogP contribution in [0.4, 0.5) is 0 Å². The number of aryl methyl sites for hydroxylation is 2. The quantitative estimate of drug-likeness (QED) is 0.0965. The number of ether oxygens (including phenoxy) is 2. The predicted octanol–water partition coefficient (Wildman–Crippen LogP) is 5.43. The molecule has 0 spiro atoms. The molecule has 0 radical (unpaired) electrons. The van der Waals surface area contributed by atoms with Gasteiger partial charge in [-0.15, -0.1) is 0 Å². The molecule has 4 aromatic rings. The van der Waals surface area contributed by atoms with Gasteiger partial charge in [-0.2, -0.15) is 9.44 Å². The number of unbranched alkanes of at least 4 members (excludes halogenated alkanes) is 3. The molecule has 266 valence electrons. The van der Waals surface area contributed by atoms with Gasteiger partial charge in [-0.25, -0.2) is 16.8 Å². The van der Waals surface area contributed by atoms with Crippen LogP contribution in [-0.4, -0.2) is 54.1 Å². The average molecular weight is 721 g/mol. The van der Waals surface area contributed by atoms with Crippen molar-refractivity contribution in [2.75, 3.05) is 13.2 Å². The maximum atomic E-state index is 13.1. The number of benzene rings is 4. The van der Waals surface area contributed by atoms with Crippen LogP contribution in [0.5, 0.6) is 0 Å². The molecule has 4 aromatic carbocycles. The molecule has 0 fully saturated rings. The summed E-state index contributed by atoms with van der Waals surface area (Å²) in [5.74, 6) is -1.34. The fourth-order valence-electron chi connectivity index (χ4n) is 5.10. The molecule has 0 bridgehead atoms. The molecule has 10 nitrogen and oxygen atoms in total. The molecule has 0 saturated carbocycles. The Morgan fingerprint density at radius 1 is 0.520 bits per heavy atom. The van der Waals surface area contributed by atoms with Crippen molar-refractivity contribution in [2.24, 2.45) is 0 Å². The van der Waals surface area contributed by atoms with Crippen LogP contribution >= 0.6 is 0 Å². The van der Waals surface area contributed by atoms with E-state index in [2.05, 4.69) is 9.44 Å². The van der Waals surface area contributed by atoms with Crippen LogP contribution in [0.25, 0.3) is 0 Å². The van der Waals surface area contributed by atoms with E-state index in [9.17, 15) is 26.4 Å². The van der Waals surface area contributed by atoms with E-state index in [1.807, 2.05) is 74.5 Å². The standard InChI is InChI=1S/C38H44N2O8S2/c1-29-17-21-33(22-18-29)49(43,44)39-35(27-31-13-7-5-8-14-31)37(41)47-25-11-3-4-12-26-48-38(42)36(28-32-15-9-6-10-16-32)40-50(45,46)34-23-19-30(2)20-24-34/h5-10,13-24,35-36,39-40H,3-4,11-12,25-28H2,1-2H3/t35-,36-/m0/s1. The summed E-state index contributed by atoms with van der Waals surface area (Å²) in [6, 6.07) is 28.7. The highest BCUT2D eigenvalue weighted by molar-refractivity contribution is 7.89. The van der Waals surface area contributed by atoms with Crippen molar-refractivity contribution in [3.05, 3.63) is 131 Å². The molecule has 0 saturated heterocycles. The molecule has 0 aromatic heterocycles. The Kier molecular flexibility index (Phi) is 14.3. The summed E-state index contributed by atoms with van der Waals surface area (Å²) in [4.78, 5) is 26.2. The highest BCUT2D eigenvalue weighted by Gasteiger charge is 2.28. The summed E-state index contributed by atoms with van der Waals surface area (Å²) in [7, 11) is -7.95. The summed E-state index contributed by atoms with van der Waals surface area (Å²) < 4.78 is 68.2. The Labute approximate surface area is 295 Å². The summed E-state index contributed by atoms with van der Waals surface area (Å²) in [5, 5.41) is 0. The van der Waals surface area contributed by atoms with Crippen molar-refractivity contribution in [1.29, 1.82) is 0 Å². The van der Waals surface area contributed by atoms with Crippen LogP contribution in [0.1, 0.15) is 47.9 Å². The summed E-state index contributed by atoms with van der Waals surface area (Å²) >= 11 is 0. The van der Waals surface area contributed by atoms with Crippen molar-refractivity contribution in [3.8, 4) is 0 Å². The van der Waals surface area contributed by atoms with Crippen LogP contribution in [-0.2, 0) is 52.0 Å². The van der Waals surface area contributed by atoms with Crippen molar-refractivity contribution in [3.63, 3.8) is 0 Å². The molecule has 0 aliphatic heterocycles. The van der Waals surface area contributed by atoms with E-state index in [1.54, 1.807) is 24.3 Å². The molecule has 2 N–H and O–H groups in total. The maximum absolute atomic E-state index is 13.1. The van der Waals surface area contributed by atoms with E-state index in [0.717, 1.165) is 22.3 Å². The zero-order valence-electron chi connectivity index (χ0n) is 28.3. The van der Waals surface area contributed by atoms with Crippen molar-refractivity contribution < 1.29 is 35.9 Å². The van der Waals surface area contributed by atoms with Gasteiger partial charge in [0.25, 0.3) is 0 Å². The fourth-order valence-corrected chi connectivity index (χ4v) is 7.46. The van der Waals surface area contributed by atoms with E-state index in [1.165, 1.54) is 24.3 Å². The number of hydrogen-bond donors (Lipinski definition) is 2. The third-order valence-electron chi connectivity index (χ3n) is 7.92. The number of carbonyl (C=O) groups excluding carboxylic acids is 2. The Balaban J connectivity index is 1.24. The van der Waals surface area contributed by atoms with Gasteiger partial charge in [0.2, 0.25) is 20.0 Å². The molecule has 50 heavy (non-hydrogen) atoms. The van der Waals surface area contributed by atoms with Gasteiger partial charge in [-0.3, -0.25) is 9.59 Å². The number of hydrogen-bond acceptors (Lipinski definition) is 8. The molecular weight excluding hydrogens is 677 g/mol. The number of esters is 2. The summed E-state index contributed by atoms with van der Waals surface area (Å²) in [5.41, 5.74) is 3.39. The lowest BCUT2D eigenvalue weighted by atomic mass is 10.1. The molecule has 12 heteroatoms. The minimum atomic E-state index is -3.97. The molecule has 0 aliphatic carbocycles. The van der Waals surface area contributed by atoms with Gasteiger partial charge < -0.3 is 9.47 Å². The smallest absolute Gasteiger partial charge is 0.324 e.